The average Bonchev–Trinajstić information content (AvgIpc) is 3.20. The minimum atomic E-state index is -4.72. The highest BCUT2D eigenvalue weighted by Crippen LogP contribution is 2.43. The van der Waals surface area contributed by atoms with Crippen LogP contribution in [0.5, 0.6) is 0 Å². The monoisotopic (exact) mass is 844 g/mol. The second kappa shape index (κ2) is 41.7. The molecular formula is C46H86NO10P. The lowest BCUT2D eigenvalue weighted by molar-refractivity contribution is -0.161. The Morgan fingerprint density at radius 2 is 0.914 bits per heavy atom. The summed E-state index contributed by atoms with van der Waals surface area (Å²) in [5, 5.41) is 8.90. The lowest BCUT2D eigenvalue weighted by Crippen LogP contribution is -2.34. The number of carboxylic acids is 1. The van der Waals surface area contributed by atoms with Crippen molar-refractivity contribution in [3.8, 4) is 0 Å². The summed E-state index contributed by atoms with van der Waals surface area (Å²) < 4.78 is 32.8. The number of ether oxygens (including phenoxy) is 2. The first-order chi connectivity index (χ1) is 28.1. The van der Waals surface area contributed by atoms with Gasteiger partial charge in [0.05, 0.1) is 13.2 Å². The van der Waals surface area contributed by atoms with Gasteiger partial charge in [0.25, 0.3) is 0 Å². The van der Waals surface area contributed by atoms with Crippen LogP contribution in [-0.2, 0) is 37.5 Å². The highest BCUT2D eigenvalue weighted by atomic mass is 31.2. The van der Waals surface area contributed by atoms with Crippen LogP contribution in [0.1, 0.15) is 219 Å². The third-order valence-electron chi connectivity index (χ3n) is 10.2. The molecule has 0 saturated carbocycles. The summed E-state index contributed by atoms with van der Waals surface area (Å²) >= 11 is 0. The van der Waals surface area contributed by atoms with Gasteiger partial charge in [-0.15, -0.1) is 0 Å². The molecule has 58 heavy (non-hydrogen) atoms. The van der Waals surface area contributed by atoms with Crippen LogP contribution in [0.4, 0.5) is 0 Å². The molecule has 1 unspecified atom stereocenters. The number of rotatable bonds is 44. The van der Waals surface area contributed by atoms with Gasteiger partial charge in [-0.2, -0.15) is 0 Å². The molecule has 0 spiro atoms. The predicted molar refractivity (Wildman–Crippen MR) is 236 cm³/mol. The fourth-order valence-corrected chi connectivity index (χ4v) is 7.29. The van der Waals surface area contributed by atoms with Gasteiger partial charge in [0.1, 0.15) is 12.6 Å². The van der Waals surface area contributed by atoms with Crippen LogP contribution in [-0.4, -0.2) is 59.9 Å². The van der Waals surface area contributed by atoms with Crippen LogP contribution in [0.3, 0.4) is 0 Å². The van der Waals surface area contributed by atoms with Gasteiger partial charge in [-0.05, 0) is 44.9 Å². The number of unbranched alkanes of at least 4 members (excludes halogenated alkanes) is 26. The standard InChI is InChI=1S/C46H86NO10P/c1-3-5-7-9-11-13-15-17-19-21-23-25-27-29-31-33-35-37-44(48)54-39-42(40-55-58(52,53)56-41-43(47)46(50)51)57-45(49)38-36-34-32-30-28-26-24-22-20-18-16-14-12-10-8-6-4-2/h12,14,18,20,42-43H,3-11,13,15-17,19,21-41,47H2,1-2H3,(H,50,51)(H,52,53)/b14-12-,20-18-/t42-,43+/m1/s1. The minimum absolute atomic E-state index is 0.155. The van der Waals surface area contributed by atoms with Crippen molar-refractivity contribution in [2.24, 2.45) is 5.73 Å². The second-order valence-corrected chi connectivity index (χ2v) is 17.3. The van der Waals surface area contributed by atoms with E-state index in [1.54, 1.807) is 0 Å². The normalized spacial score (nSPS) is 13.9. The first kappa shape index (κ1) is 56.0. The number of aliphatic carboxylic acids is 1. The van der Waals surface area contributed by atoms with Crippen LogP contribution in [0.25, 0.3) is 0 Å². The van der Waals surface area contributed by atoms with Crippen molar-refractivity contribution in [3.63, 3.8) is 0 Å². The molecule has 0 radical (unpaired) electrons. The predicted octanol–water partition coefficient (Wildman–Crippen LogP) is 12.6. The Balaban J connectivity index is 4.30. The summed E-state index contributed by atoms with van der Waals surface area (Å²) in [6, 6.07) is -1.52. The first-order valence-corrected chi connectivity index (χ1v) is 24.9. The second-order valence-electron chi connectivity index (χ2n) is 15.9. The SMILES string of the molecule is CCCCC/C=C\C/C=C\CCCCCCCCCC(=O)O[C@H](COC(=O)CCCCCCCCCCCCCCCCCCC)COP(=O)(O)OC[C@H](N)C(=O)O. The summed E-state index contributed by atoms with van der Waals surface area (Å²) in [6.07, 6.45) is 43.7. The van der Waals surface area contributed by atoms with E-state index in [9.17, 15) is 23.8 Å². The van der Waals surface area contributed by atoms with E-state index in [2.05, 4.69) is 42.7 Å². The molecule has 0 bridgehead atoms. The Kier molecular flexibility index (Phi) is 40.2. The van der Waals surface area contributed by atoms with Crippen LogP contribution >= 0.6 is 7.82 Å². The topological polar surface area (TPSA) is 172 Å². The molecule has 340 valence electrons. The minimum Gasteiger partial charge on any atom is -0.480 e. The number of phosphoric ester groups is 1. The molecule has 0 fully saturated rings. The number of carboxylic acid groups (broad SMARTS) is 1. The van der Waals surface area contributed by atoms with Gasteiger partial charge in [0.15, 0.2) is 6.10 Å². The van der Waals surface area contributed by atoms with Crippen LogP contribution in [0, 0.1) is 0 Å². The van der Waals surface area contributed by atoms with Gasteiger partial charge in [-0.1, -0.05) is 186 Å². The van der Waals surface area contributed by atoms with Gasteiger partial charge in [0.2, 0.25) is 0 Å². The Morgan fingerprint density at radius 1 is 0.534 bits per heavy atom. The van der Waals surface area contributed by atoms with E-state index in [0.717, 1.165) is 57.8 Å². The third-order valence-corrected chi connectivity index (χ3v) is 11.2. The molecule has 12 heteroatoms. The lowest BCUT2D eigenvalue weighted by atomic mass is 10.0. The van der Waals surface area contributed by atoms with E-state index in [4.69, 9.17) is 24.8 Å². The number of hydrogen-bond acceptors (Lipinski definition) is 9. The Bertz CT molecular complexity index is 1080. The molecule has 0 aromatic carbocycles. The first-order valence-electron chi connectivity index (χ1n) is 23.4. The molecule has 0 amide bonds. The van der Waals surface area contributed by atoms with Gasteiger partial charge in [-0.25, -0.2) is 4.57 Å². The van der Waals surface area contributed by atoms with E-state index >= 15 is 0 Å². The number of phosphoric acid groups is 1. The van der Waals surface area contributed by atoms with E-state index in [1.807, 2.05) is 0 Å². The Morgan fingerprint density at radius 3 is 1.38 bits per heavy atom. The Hall–Kier alpha value is -2.04. The van der Waals surface area contributed by atoms with E-state index in [1.165, 1.54) is 122 Å². The van der Waals surface area contributed by atoms with Crippen molar-refractivity contribution in [3.05, 3.63) is 24.3 Å². The van der Waals surface area contributed by atoms with Crippen molar-refractivity contribution in [2.75, 3.05) is 19.8 Å². The number of hydrogen-bond donors (Lipinski definition) is 3. The molecule has 0 aliphatic heterocycles. The zero-order chi connectivity index (χ0) is 42.8. The highest BCUT2D eigenvalue weighted by molar-refractivity contribution is 7.47. The summed E-state index contributed by atoms with van der Waals surface area (Å²) in [6.45, 7) is 2.80. The molecule has 0 aliphatic rings. The molecule has 0 aliphatic carbocycles. The van der Waals surface area contributed by atoms with E-state index in [-0.39, 0.29) is 19.4 Å². The van der Waals surface area contributed by atoms with E-state index < -0.39 is 51.1 Å². The number of carbonyl (C=O) groups excluding carboxylic acids is 2. The smallest absolute Gasteiger partial charge is 0.472 e. The summed E-state index contributed by atoms with van der Waals surface area (Å²) in [5.74, 6) is -2.38. The van der Waals surface area contributed by atoms with Crippen molar-refractivity contribution >= 4 is 25.7 Å². The fourth-order valence-electron chi connectivity index (χ4n) is 6.51. The maximum Gasteiger partial charge on any atom is 0.472 e. The van der Waals surface area contributed by atoms with Crippen molar-refractivity contribution in [2.45, 2.75) is 231 Å². The zero-order valence-corrected chi connectivity index (χ0v) is 37.8. The summed E-state index contributed by atoms with van der Waals surface area (Å²) in [5.41, 5.74) is 5.34. The highest BCUT2D eigenvalue weighted by Gasteiger charge is 2.28. The molecule has 0 saturated heterocycles. The molecule has 0 aromatic heterocycles. The number of nitrogens with two attached hydrogens (primary N) is 1. The van der Waals surface area contributed by atoms with Crippen LogP contribution in [0.15, 0.2) is 24.3 Å². The maximum absolute atomic E-state index is 12.6. The maximum atomic E-state index is 12.6. The van der Waals surface area contributed by atoms with Crippen molar-refractivity contribution in [1.82, 2.24) is 0 Å². The molecule has 0 rings (SSSR count). The average molecular weight is 844 g/mol. The number of esters is 2. The molecule has 0 heterocycles. The van der Waals surface area contributed by atoms with Crippen LogP contribution < -0.4 is 5.73 Å². The van der Waals surface area contributed by atoms with Crippen molar-refractivity contribution < 1.29 is 47.5 Å². The quantitative estimate of drug-likeness (QED) is 0.0231. The van der Waals surface area contributed by atoms with Crippen molar-refractivity contribution in [1.29, 1.82) is 0 Å². The number of carbonyl (C=O) groups is 3. The van der Waals surface area contributed by atoms with Crippen LogP contribution in [0.2, 0.25) is 0 Å². The van der Waals surface area contributed by atoms with E-state index in [0.29, 0.717) is 12.8 Å². The van der Waals surface area contributed by atoms with Gasteiger partial charge in [-0.3, -0.25) is 23.4 Å². The van der Waals surface area contributed by atoms with Gasteiger partial charge < -0.3 is 25.2 Å². The fraction of sp³-hybridized carbons (Fsp3) is 0.848. The van der Waals surface area contributed by atoms with Gasteiger partial charge >= 0.3 is 25.7 Å². The molecule has 4 N–H and O–H groups in total. The summed E-state index contributed by atoms with van der Waals surface area (Å²) in [7, 11) is -4.72. The van der Waals surface area contributed by atoms with Gasteiger partial charge in [0, 0.05) is 12.8 Å². The molecule has 11 nitrogen and oxygen atoms in total. The Labute approximate surface area is 353 Å². The molecule has 3 atom stereocenters. The lowest BCUT2D eigenvalue weighted by Gasteiger charge is -2.20. The number of allylic oxidation sites excluding steroid dienone is 4. The molecular weight excluding hydrogens is 757 g/mol. The third kappa shape index (κ3) is 40.7. The zero-order valence-electron chi connectivity index (χ0n) is 36.9. The summed E-state index contributed by atoms with van der Waals surface area (Å²) in [4.78, 5) is 46.0. The largest absolute Gasteiger partial charge is 0.480 e. The molecule has 0 aromatic rings.